The normalized spacial score (nSPS) is 10.5. The van der Waals surface area contributed by atoms with E-state index in [0.717, 1.165) is 16.3 Å². The van der Waals surface area contributed by atoms with Gasteiger partial charge in [0.1, 0.15) is 17.4 Å². The Hall–Kier alpha value is -3.26. The van der Waals surface area contributed by atoms with E-state index in [4.69, 9.17) is 4.74 Å². The molecular formula is C20H19N3O4S. The molecule has 0 saturated heterocycles. The molecule has 2 aromatic carbocycles. The highest BCUT2D eigenvalue weighted by molar-refractivity contribution is 7.09. The largest absolute Gasteiger partial charge is 0.486 e. The number of amides is 1. The Morgan fingerprint density at radius 3 is 2.68 bits per heavy atom. The van der Waals surface area contributed by atoms with Crippen LogP contribution >= 0.6 is 11.3 Å². The number of aromatic nitrogens is 1. The van der Waals surface area contributed by atoms with E-state index < -0.39 is 4.92 Å². The highest BCUT2D eigenvalue weighted by Gasteiger charge is 2.13. The molecule has 144 valence electrons. The number of benzene rings is 2. The molecule has 0 aliphatic carbocycles. The molecule has 8 heteroatoms. The highest BCUT2D eigenvalue weighted by Crippen LogP contribution is 2.22. The molecular weight excluding hydrogens is 378 g/mol. The Morgan fingerprint density at radius 1 is 1.21 bits per heavy atom. The molecule has 28 heavy (non-hydrogen) atoms. The van der Waals surface area contributed by atoms with Gasteiger partial charge in [-0.25, -0.2) is 4.98 Å². The lowest BCUT2D eigenvalue weighted by atomic mass is 10.2. The van der Waals surface area contributed by atoms with E-state index in [-0.39, 0.29) is 18.0 Å². The minimum atomic E-state index is -0.467. The molecule has 0 radical (unpaired) electrons. The molecule has 0 spiro atoms. The molecule has 0 fully saturated rings. The van der Waals surface area contributed by atoms with Gasteiger partial charge in [-0.15, -0.1) is 11.3 Å². The second-order valence-electron chi connectivity index (χ2n) is 6.32. The molecule has 0 atom stereocenters. The molecule has 0 unspecified atom stereocenters. The van der Waals surface area contributed by atoms with Crippen molar-refractivity contribution in [1.82, 2.24) is 4.98 Å². The zero-order valence-corrected chi connectivity index (χ0v) is 16.3. The molecule has 0 bridgehead atoms. The van der Waals surface area contributed by atoms with Crippen molar-refractivity contribution >= 4 is 28.6 Å². The van der Waals surface area contributed by atoms with Gasteiger partial charge in [-0.2, -0.15) is 0 Å². The van der Waals surface area contributed by atoms with E-state index in [1.54, 1.807) is 19.1 Å². The Bertz CT molecular complexity index is 999. The van der Waals surface area contributed by atoms with Crippen LogP contribution < -0.4 is 10.1 Å². The lowest BCUT2D eigenvalue weighted by Crippen LogP contribution is -2.15. The number of carbonyl (C=O) groups excluding carboxylic acids is 1. The van der Waals surface area contributed by atoms with Gasteiger partial charge in [-0.05, 0) is 32.0 Å². The SMILES string of the molecule is Cc1ccc(OCc2nc(CC(=O)Nc3ccc(C)c([N+](=O)[O-])c3)cs2)cc1. The van der Waals surface area contributed by atoms with Crippen LogP contribution in [0.5, 0.6) is 5.75 Å². The number of hydrogen-bond acceptors (Lipinski definition) is 6. The van der Waals surface area contributed by atoms with Crippen molar-refractivity contribution in [3.63, 3.8) is 0 Å². The predicted octanol–water partition coefficient (Wildman–Crippen LogP) is 4.43. The quantitative estimate of drug-likeness (QED) is 0.470. The minimum Gasteiger partial charge on any atom is -0.486 e. The maximum Gasteiger partial charge on any atom is 0.274 e. The van der Waals surface area contributed by atoms with Gasteiger partial charge in [0.15, 0.2) is 0 Å². The van der Waals surface area contributed by atoms with Crippen LogP contribution in [-0.2, 0) is 17.8 Å². The van der Waals surface area contributed by atoms with E-state index in [1.165, 1.54) is 17.4 Å². The van der Waals surface area contributed by atoms with Crippen molar-refractivity contribution < 1.29 is 14.5 Å². The lowest BCUT2D eigenvalue weighted by molar-refractivity contribution is -0.385. The second-order valence-corrected chi connectivity index (χ2v) is 7.26. The van der Waals surface area contributed by atoms with Crippen LogP contribution in [0.25, 0.3) is 0 Å². The summed E-state index contributed by atoms with van der Waals surface area (Å²) in [5.41, 5.74) is 2.70. The van der Waals surface area contributed by atoms with E-state index >= 15 is 0 Å². The van der Waals surface area contributed by atoms with Crippen molar-refractivity contribution in [1.29, 1.82) is 0 Å². The van der Waals surface area contributed by atoms with Crippen molar-refractivity contribution in [2.24, 2.45) is 0 Å². The van der Waals surface area contributed by atoms with Gasteiger partial charge in [0, 0.05) is 22.7 Å². The topological polar surface area (TPSA) is 94.4 Å². The minimum absolute atomic E-state index is 0.0259. The van der Waals surface area contributed by atoms with Crippen LogP contribution in [0.15, 0.2) is 47.8 Å². The molecule has 7 nitrogen and oxygen atoms in total. The first-order chi connectivity index (χ1) is 13.4. The molecule has 1 heterocycles. The zero-order chi connectivity index (χ0) is 20.1. The lowest BCUT2D eigenvalue weighted by Gasteiger charge is -2.05. The van der Waals surface area contributed by atoms with Crippen LogP contribution in [0.1, 0.15) is 21.8 Å². The molecule has 0 aliphatic rings. The van der Waals surface area contributed by atoms with E-state index in [2.05, 4.69) is 10.3 Å². The Kier molecular flexibility index (Phi) is 6.00. The first-order valence-electron chi connectivity index (χ1n) is 8.58. The number of carbonyl (C=O) groups is 1. The fourth-order valence-electron chi connectivity index (χ4n) is 2.53. The standard InChI is InChI=1S/C20H19N3O4S/c1-13-3-7-17(8-4-13)27-11-20-22-16(12-28-20)10-19(24)21-15-6-5-14(2)18(9-15)23(25)26/h3-9,12H,10-11H2,1-2H3,(H,21,24). The smallest absolute Gasteiger partial charge is 0.274 e. The summed E-state index contributed by atoms with van der Waals surface area (Å²) in [6.45, 7) is 4.00. The predicted molar refractivity (Wildman–Crippen MR) is 108 cm³/mol. The van der Waals surface area contributed by atoms with E-state index in [0.29, 0.717) is 23.6 Å². The molecule has 1 amide bonds. The Labute approximate surface area is 166 Å². The summed E-state index contributed by atoms with van der Waals surface area (Å²) >= 11 is 1.42. The van der Waals surface area contributed by atoms with Crippen LogP contribution in [0, 0.1) is 24.0 Å². The maximum atomic E-state index is 12.2. The van der Waals surface area contributed by atoms with Gasteiger partial charge in [0.25, 0.3) is 5.69 Å². The summed E-state index contributed by atoms with van der Waals surface area (Å²) in [5.74, 6) is 0.482. The number of ether oxygens (including phenoxy) is 1. The number of anilines is 1. The van der Waals surface area contributed by atoms with Gasteiger partial charge in [0.2, 0.25) is 5.91 Å². The van der Waals surface area contributed by atoms with Crippen molar-refractivity contribution in [3.05, 3.63) is 79.8 Å². The molecule has 0 aliphatic heterocycles. The molecule has 1 N–H and O–H groups in total. The van der Waals surface area contributed by atoms with Gasteiger partial charge < -0.3 is 10.1 Å². The van der Waals surface area contributed by atoms with E-state index in [1.807, 2.05) is 36.6 Å². The molecule has 3 aromatic rings. The first kappa shape index (κ1) is 19.5. The first-order valence-corrected chi connectivity index (χ1v) is 9.46. The molecule has 0 saturated carbocycles. The number of hydrogen-bond donors (Lipinski definition) is 1. The highest BCUT2D eigenvalue weighted by atomic mass is 32.1. The summed E-state index contributed by atoms with van der Waals surface area (Å²) < 4.78 is 5.69. The van der Waals surface area contributed by atoms with Gasteiger partial charge >= 0.3 is 0 Å². The Morgan fingerprint density at radius 2 is 1.96 bits per heavy atom. The monoisotopic (exact) mass is 397 g/mol. The summed E-state index contributed by atoms with van der Waals surface area (Å²) in [6, 6.07) is 12.4. The number of thiazole rings is 1. The number of nitro benzene ring substituents is 1. The fraction of sp³-hybridized carbons (Fsp3) is 0.200. The second kappa shape index (κ2) is 8.62. The van der Waals surface area contributed by atoms with Crippen LogP contribution in [0.4, 0.5) is 11.4 Å². The third kappa shape index (κ3) is 5.14. The number of rotatable bonds is 7. The van der Waals surface area contributed by atoms with Gasteiger partial charge in [-0.3, -0.25) is 14.9 Å². The summed E-state index contributed by atoms with van der Waals surface area (Å²) in [7, 11) is 0. The summed E-state index contributed by atoms with van der Waals surface area (Å²) in [4.78, 5) is 27.2. The number of nitro groups is 1. The summed E-state index contributed by atoms with van der Waals surface area (Å²) in [6.07, 6.45) is 0.0860. The number of nitrogens with one attached hydrogen (secondary N) is 1. The average molecular weight is 397 g/mol. The molecule has 1 aromatic heterocycles. The van der Waals surface area contributed by atoms with Crippen molar-refractivity contribution in [2.45, 2.75) is 26.9 Å². The number of nitrogens with zero attached hydrogens (tertiary/aromatic N) is 2. The van der Waals surface area contributed by atoms with E-state index in [9.17, 15) is 14.9 Å². The van der Waals surface area contributed by atoms with Crippen molar-refractivity contribution in [3.8, 4) is 5.75 Å². The summed E-state index contributed by atoms with van der Waals surface area (Å²) in [5, 5.41) is 16.3. The zero-order valence-electron chi connectivity index (χ0n) is 15.5. The fourth-order valence-corrected chi connectivity index (χ4v) is 3.23. The third-order valence-electron chi connectivity index (χ3n) is 4.01. The molecule has 3 rings (SSSR count). The van der Waals surface area contributed by atoms with Gasteiger partial charge in [0.05, 0.1) is 17.0 Å². The Balaban J connectivity index is 1.55. The third-order valence-corrected chi connectivity index (χ3v) is 4.89. The average Bonchev–Trinajstić information content (AvgIpc) is 3.10. The van der Waals surface area contributed by atoms with Crippen LogP contribution in [0.3, 0.4) is 0 Å². The van der Waals surface area contributed by atoms with Crippen LogP contribution in [-0.4, -0.2) is 15.8 Å². The van der Waals surface area contributed by atoms with Gasteiger partial charge in [-0.1, -0.05) is 23.8 Å². The maximum absolute atomic E-state index is 12.2. The number of aryl methyl sites for hydroxylation is 2. The van der Waals surface area contributed by atoms with Crippen molar-refractivity contribution in [2.75, 3.05) is 5.32 Å². The van der Waals surface area contributed by atoms with Crippen LogP contribution in [0.2, 0.25) is 0 Å².